The summed E-state index contributed by atoms with van der Waals surface area (Å²) in [4.78, 5) is 12.5. The highest BCUT2D eigenvalue weighted by molar-refractivity contribution is 5.75. The summed E-state index contributed by atoms with van der Waals surface area (Å²) in [5.41, 5.74) is 0. The Morgan fingerprint density at radius 3 is 2.06 bits per heavy atom. The Hall–Kier alpha value is -2.31. The number of benzene rings is 1. The summed E-state index contributed by atoms with van der Waals surface area (Å²) in [5, 5.41) is 0. The lowest BCUT2D eigenvalue weighted by atomic mass is 9.69. The fraction of sp³-hybridized carbons (Fsp3) is 0.560. The molecule has 1 aromatic rings. The van der Waals surface area contributed by atoms with Crippen LogP contribution >= 0.6 is 0 Å². The van der Waals surface area contributed by atoms with Gasteiger partial charge in [0.15, 0.2) is 17.4 Å². The third-order valence-electron chi connectivity index (χ3n) is 6.65. The lowest BCUT2D eigenvalue weighted by Crippen LogP contribution is -2.30. The van der Waals surface area contributed by atoms with E-state index in [0.29, 0.717) is 42.9 Å². The van der Waals surface area contributed by atoms with Crippen molar-refractivity contribution in [2.45, 2.75) is 64.7 Å². The molecule has 3 rings (SSSR count). The molecule has 0 atom stereocenters. The van der Waals surface area contributed by atoms with Crippen LogP contribution in [0.5, 0.6) is 11.5 Å². The predicted octanol–water partition coefficient (Wildman–Crippen LogP) is 7.22. The molecule has 2 saturated carbocycles. The molecule has 0 N–H and O–H groups in total. The number of allylic oxidation sites excluding steroid dienone is 3. The fourth-order valence-electron chi connectivity index (χ4n) is 4.98. The first-order chi connectivity index (χ1) is 15.4. The number of carbonyl (C=O) groups excluding carboxylic acids is 1. The van der Waals surface area contributed by atoms with Crippen LogP contribution in [0.3, 0.4) is 0 Å². The molecule has 32 heavy (non-hydrogen) atoms. The first kappa shape index (κ1) is 24.3. The highest BCUT2D eigenvalue weighted by Crippen LogP contribution is 2.42. The number of halogens is 4. The molecule has 176 valence electrons. The Kier molecular flexibility index (Phi) is 8.76. The quantitative estimate of drug-likeness (QED) is 0.143. The van der Waals surface area contributed by atoms with Crippen LogP contribution in [0.15, 0.2) is 36.6 Å². The van der Waals surface area contributed by atoms with Crippen LogP contribution in [0.25, 0.3) is 0 Å². The van der Waals surface area contributed by atoms with E-state index in [4.69, 9.17) is 4.74 Å². The molecule has 2 aliphatic carbocycles. The fourth-order valence-corrected chi connectivity index (χ4v) is 4.98. The third-order valence-corrected chi connectivity index (χ3v) is 6.65. The van der Waals surface area contributed by atoms with Crippen molar-refractivity contribution in [1.29, 1.82) is 0 Å². The molecule has 0 radical (unpaired) electrons. The maximum absolute atomic E-state index is 14.1. The van der Waals surface area contributed by atoms with E-state index in [1.807, 2.05) is 0 Å². The molecule has 0 aromatic heterocycles. The van der Waals surface area contributed by atoms with Crippen molar-refractivity contribution >= 4 is 5.97 Å². The molecule has 0 heterocycles. The van der Waals surface area contributed by atoms with Gasteiger partial charge in [-0.1, -0.05) is 12.2 Å². The van der Waals surface area contributed by atoms with E-state index in [0.717, 1.165) is 25.0 Å². The molecule has 0 aliphatic heterocycles. The SMILES string of the molecule is CC=CC1CCC(C2CCC(C(=O)Oc3cc(F)c(OC=CC(F)F)c(F)c3)CC2)CC1. The van der Waals surface area contributed by atoms with Gasteiger partial charge in [0.2, 0.25) is 0 Å². The Bertz CT molecular complexity index is 797. The summed E-state index contributed by atoms with van der Waals surface area (Å²) < 4.78 is 62.1. The first-order valence-electron chi connectivity index (χ1n) is 11.3. The van der Waals surface area contributed by atoms with Crippen molar-refractivity contribution in [3.63, 3.8) is 0 Å². The van der Waals surface area contributed by atoms with Gasteiger partial charge in [0, 0.05) is 18.2 Å². The van der Waals surface area contributed by atoms with Crippen LogP contribution in [-0.4, -0.2) is 12.4 Å². The van der Waals surface area contributed by atoms with Crippen LogP contribution in [0, 0.1) is 35.3 Å². The smallest absolute Gasteiger partial charge is 0.314 e. The second-order valence-electron chi connectivity index (χ2n) is 8.73. The van der Waals surface area contributed by atoms with Crippen LogP contribution in [0.1, 0.15) is 58.3 Å². The van der Waals surface area contributed by atoms with Gasteiger partial charge in [0.25, 0.3) is 6.43 Å². The average Bonchev–Trinajstić information content (AvgIpc) is 2.76. The summed E-state index contributed by atoms with van der Waals surface area (Å²) in [6.07, 6.45) is 10.8. The molecular weight excluding hydrogens is 424 g/mol. The standard InChI is InChI=1S/C25H30F4O3/c1-2-3-16-4-6-17(7-5-16)18-8-10-19(11-9-18)25(30)32-20-14-21(26)24(22(27)15-20)31-13-12-23(28)29/h2-3,12-19,23H,4-11H2,1H3. The van der Waals surface area contributed by atoms with Crippen molar-refractivity contribution in [3.8, 4) is 11.5 Å². The lowest BCUT2D eigenvalue weighted by molar-refractivity contribution is -0.140. The van der Waals surface area contributed by atoms with Gasteiger partial charge in [-0.3, -0.25) is 4.79 Å². The second kappa shape index (κ2) is 11.5. The van der Waals surface area contributed by atoms with E-state index >= 15 is 0 Å². The normalized spacial score (nSPS) is 26.7. The van der Waals surface area contributed by atoms with Crippen LogP contribution in [-0.2, 0) is 4.79 Å². The van der Waals surface area contributed by atoms with Gasteiger partial charge in [-0.2, -0.15) is 0 Å². The minimum Gasteiger partial charge on any atom is -0.459 e. The number of rotatable bonds is 7. The number of esters is 1. The largest absolute Gasteiger partial charge is 0.459 e. The molecule has 2 fully saturated rings. The van der Waals surface area contributed by atoms with Gasteiger partial charge in [-0.25, -0.2) is 17.6 Å². The Balaban J connectivity index is 1.49. The van der Waals surface area contributed by atoms with Crippen molar-refractivity contribution in [2.24, 2.45) is 23.7 Å². The van der Waals surface area contributed by atoms with E-state index < -0.39 is 29.8 Å². The zero-order chi connectivity index (χ0) is 23.1. The third kappa shape index (κ3) is 6.59. The van der Waals surface area contributed by atoms with Crippen LogP contribution in [0.4, 0.5) is 17.6 Å². The first-order valence-corrected chi connectivity index (χ1v) is 11.3. The summed E-state index contributed by atoms with van der Waals surface area (Å²) >= 11 is 0. The van der Waals surface area contributed by atoms with Crippen molar-refractivity contribution in [1.82, 2.24) is 0 Å². The Morgan fingerprint density at radius 2 is 1.53 bits per heavy atom. The molecule has 0 amide bonds. The molecule has 2 aliphatic rings. The van der Waals surface area contributed by atoms with Crippen LogP contribution in [0.2, 0.25) is 0 Å². The second-order valence-corrected chi connectivity index (χ2v) is 8.73. The minimum atomic E-state index is -2.80. The van der Waals surface area contributed by atoms with Crippen molar-refractivity contribution < 1.29 is 31.8 Å². The molecule has 0 saturated heterocycles. The van der Waals surface area contributed by atoms with E-state index in [-0.39, 0.29) is 11.7 Å². The van der Waals surface area contributed by atoms with Gasteiger partial charge < -0.3 is 9.47 Å². The molecule has 3 nitrogen and oxygen atoms in total. The van der Waals surface area contributed by atoms with Gasteiger partial charge in [0.05, 0.1) is 12.2 Å². The number of ether oxygens (including phenoxy) is 2. The average molecular weight is 455 g/mol. The van der Waals surface area contributed by atoms with Crippen LogP contribution < -0.4 is 9.47 Å². The van der Waals surface area contributed by atoms with E-state index in [1.165, 1.54) is 25.7 Å². The minimum absolute atomic E-state index is 0.264. The summed E-state index contributed by atoms with van der Waals surface area (Å²) in [6, 6.07) is 1.64. The maximum Gasteiger partial charge on any atom is 0.314 e. The molecule has 1 aromatic carbocycles. The summed E-state index contributed by atoms with van der Waals surface area (Å²) in [5.74, 6) is -2.12. The highest BCUT2D eigenvalue weighted by atomic mass is 19.3. The number of hydrogen-bond acceptors (Lipinski definition) is 3. The summed E-state index contributed by atoms with van der Waals surface area (Å²) in [7, 11) is 0. The van der Waals surface area contributed by atoms with Gasteiger partial charge in [-0.15, -0.1) is 0 Å². The molecule has 0 spiro atoms. The van der Waals surface area contributed by atoms with Gasteiger partial charge >= 0.3 is 5.97 Å². The summed E-state index contributed by atoms with van der Waals surface area (Å²) in [6.45, 7) is 2.06. The lowest BCUT2D eigenvalue weighted by Gasteiger charge is -2.36. The van der Waals surface area contributed by atoms with E-state index in [9.17, 15) is 22.4 Å². The highest BCUT2D eigenvalue weighted by Gasteiger charge is 2.33. The van der Waals surface area contributed by atoms with E-state index in [1.54, 1.807) is 0 Å². The molecule has 0 bridgehead atoms. The van der Waals surface area contributed by atoms with Gasteiger partial charge in [-0.05, 0) is 76.0 Å². The van der Waals surface area contributed by atoms with Gasteiger partial charge in [0.1, 0.15) is 5.75 Å². The molecular formula is C25H30F4O3. The monoisotopic (exact) mass is 454 g/mol. The topological polar surface area (TPSA) is 35.5 Å². The predicted molar refractivity (Wildman–Crippen MR) is 113 cm³/mol. The molecule has 0 unspecified atom stereocenters. The Labute approximate surface area is 186 Å². The zero-order valence-electron chi connectivity index (χ0n) is 18.2. The van der Waals surface area contributed by atoms with E-state index in [2.05, 4.69) is 23.8 Å². The number of carbonyl (C=O) groups is 1. The zero-order valence-corrected chi connectivity index (χ0v) is 18.2. The van der Waals surface area contributed by atoms with Crippen molar-refractivity contribution in [3.05, 3.63) is 48.3 Å². The maximum atomic E-state index is 14.1. The van der Waals surface area contributed by atoms with Crippen molar-refractivity contribution in [2.75, 3.05) is 0 Å². The Morgan fingerprint density at radius 1 is 0.969 bits per heavy atom. The number of alkyl halides is 2. The number of hydrogen-bond donors (Lipinski definition) is 0. The molecule has 7 heteroatoms.